The SMILES string of the molecule is CNc1cc(NC2CCCCCCC2)nc(N)n1. The highest BCUT2D eigenvalue weighted by Gasteiger charge is 2.12. The Bertz CT molecular complexity index is 372. The number of nitrogens with zero attached hydrogens (tertiary/aromatic N) is 2. The fourth-order valence-corrected chi connectivity index (χ4v) is 2.48. The first-order valence-electron chi connectivity index (χ1n) is 6.87. The molecule has 0 saturated heterocycles. The van der Waals surface area contributed by atoms with E-state index in [0.29, 0.717) is 12.0 Å². The molecule has 0 bridgehead atoms. The van der Waals surface area contributed by atoms with Gasteiger partial charge in [-0.3, -0.25) is 0 Å². The van der Waals surface area contributed by atoms with E-state index in [2.05, 4.69) is 20.6 Å². The highest BCUT2D eigenvalue weighted by molar-refractivity contribution is 5.51. The molecule has 0 atom stereocenters. The molecule has 0 aliphatic heterocycles. The van der Waals surface area contributed by atoms with Gasteiger partial charge in [0.05, 0.1) is 0 Å². The van der Waals surface area contributed by atoms with Crippen LogP contribution in [0, 0.1) is 0 Å². The van der Waals surface area contributed by atoms with Gasteiger partial charge in [0.1, 0.15) is 11.6 Å². The molecule has 0 unspecified atom stereocenters. The second-order valence-corrected chi connectivity index (χ2v) is 4.93. The molecule has 2 rings (SSSR count). The first-order chi connectivity index (χ1) is 8.78. The zero-order valence-corrected chi connectivity index (χ0v) is 11.1. The molecule has 1 aromatic rings. The molecule has 1 aromatic heterocycles. The Kier molecular flexibility index (Phi) is 4.61. The van der Waals surface area contributed by atoms with Gasteiger partial charge in [-0.2, -0.15) is 9.97 Å². The Labute approximate surface area is 109 Å². The number of aromatic nitrogens is 2. The van der Waals surface area contributed by atoms with Gasteiger partial charge in [0.15, 0.2) is 0 Å². The summed E-state index contributed by atoms with van der Waals surface area (Å²) in [5, 5.41) is 6.49. The lowest BCUT2D eigenvalue weighted by Gasteiger charge is -2.21. The van der Waals surface area contributed by atoms with Crippen molar-refractivity contribution in [2.24, 2.45) is 0 Å². The van der Waals surface area contributed by atoms with Crippen LogP contribution in [0.25, 0.3) is 0 Å². The molecule has 0 amide bonds. The van der Waals surface area contributed by atoms with Crippen LogP contribution in [0.3, 0.4) is 0 Å². The maximum atomic E-state index is 5.69. The fourth-order valence-electron chi connectivity index (χ4n) is 2.48. The summed E-state index contributed by atoms with van der Waals surface area (Å²) in [6.07, 6.45) is 9.14. The minimum Gasteiger partial charge on any atom is -0.373 e. The summed E-state index contributed by atoms with van der Waals surface area (Å²) in [4.78, 5) is 8.34. The molecule has 1 aliphatic rings. The molecule has 1 heterocycles. The van der Waals surface area contributed by atoms with E-state index in [9.17, 15) is 0 Å². The average molecular weight is 249 g/mol. The highest BCUT2D eigenvalue weighted by atomic mass is 15.1. The number of rotatable bonds is 3. The quantitative estimate of drug-likeness (QED) is 0.767. The first-order valence-corrected chi connectivity index (χ1v) is 6.87. The van der Waals surface area contributed by atoms with E-state index in [1.165, 1.54) is 44.9 Å². The zero-order valence-electron chi connectivity index (χ0n) is 11.1. The summed E-state index contributed by atoms with van der Waals surface area (Å²) in [7, 11) is 1.83. The van der Waals surface area contributed by atoms with E-state index in [-0.39, 0.29) is 0 Å². The molecule has 5 nitrogen and oxygen atoms in total. The van der Waals surface area contributed by atoms with Crippen LogP contribution in [-0.2, 0) is 0 Å². The third-order valence-electron chi connectivity index (χ3n) is 3.46. The Hall–Kier alpha value is -1.52. The van der Waals surface area contributed by atoms with Crippen molar-refractivity contribution >= 4 is 17.6 Å². The predicted molar refractivity (Wildman–Crippen MR) is 75.7 cm³/mol. The maximum absolute atomic E-state index is 5.69. The molecule has 18 heavy (non-hydrogen) atoms. The highest BCUT2D eigenvalue weighted by Crippen LogP contribution is 2.21. The van der Waals surface area contributed by atoms with Crippen LogP contribution in [0.5, 0.6) is 0 Å². The lowest BCUT2D eigenvalue weighted by molar-refractivity contribution is 0.471. The first kappa shape index (κ1) is 12.9. The van der Waals surface area contributed by atoms with Gasteiger partial charge in [-0.05, 0) is 12.8 Å². The molecule has 5 heteroatoms. The smallest absolute Gasteiger partial charge is 0.223 e. The number of anilines is 3. The van der Waals surface area contributed by atoms with E-state index < -0.39 is 0 Å². The normalized spacial score (nSPS) is 17.8. The van der Waals surface area contributed by atoms with Crippen LogP contribution in [0.15, 0.2) is 6.07 Å². The summed E-state index contributed by atoms with van der Waals surface area (Å²) in [5.41, 5.74) is 5.69. The molecular weight excluding hydrogens is 226 g/mol. The van der Waals surface area contributed by atoms with Crippen molar-refractivity contribution in [3.8, 4) is 0 Å². The van der Waals surface area contributed by atoms with Gasteiger partial charge in [0.2, 0.25) is 5.95 Å². The molecule has 1 aliphatic carbocycles. The minimum absolute atomic E-state index is 0.315. The van der Waals surface area contributed by atoms with Crippen molar-refractivity contribution in [3.05, 3.63) is 6.07 Å². The van der Waals surface area contributed by atoms with Crippen molar-refractivity contribution < 1.29 is 0 Å². The van der Waals surface area contributed by atoms with Crippen LogP contribution >= 0.6 is 0 Å². The number of hydrogen-bond acceptors (Lipinski definition) is 5. The van der Waals surface area contributed by atoms with Gasteiger partial charge in [-0.15, -0.1) is 0 Å². The van der Waals surface area contributed by atoms with Crippen molar-refractivity contribution in [3.63, 3.8) is 0 Å². The molecule has 0 aromatic carbocycles. The number of hydrogen-bond donors (Lipinski definition) is 3. The fraction of sp³-hybridized carbons (Fsp3) is 0.692. The number of nitrogens with one attached hydrogen (secondary N) is 2. The van der Waals surface area contributed by atoms with Crippen LogP contribution in [0.1, 0.15) is 44.9 Å². The summed E-state index contributed by atoms with van der Waals surface area (Å²) in [5.74, 6) is 1.91. The van der Waals surface area contributed by atoms with E-state index in [4.69, 9.17) is 5.73 Å². The lowest BCUT2D eigenvalue weighted by atomic mass is 9.97. The molecule has 0 spiro atoms. The third kappa shape index (κ3) is 3.75. The standard InChI is InChI=1S/C13H23N5/c1-15-11-9-12(18-13(14)17-11)16-10-7-5-3-2-4-6-8-10/h9-10H,2-8H2,1H3,(H4,14,15,16,17,18). The Morgan fingerprint density at radius 1 is 1.06 bits per heavy atom. The maximum Gasteiger partial charge on any atom is 0.223 e. The van der Waals surface area contributed by atoms with Gasteiger partial charge >= 0.3 is 0 Å². The van der Waals surface area contributed by atoms with Crippen molar-refractivity contribution in [2.45, 2.75) is 51.0 Å². The van der Waals surface area contributed by atoms with Crippen LogP contribution < -0.4 is 16.4 Å². The van der Waals surface area contributed by atoms with Gasteiger partial charge in [0.25, 0.3) is 0 Å². The van der Waals surface area contributed by atoms with Crippen molar-refractivity contribution in [2.75, 3.05) is 23.4 Å². The summed E-state index contributed by atoms with van der Waals surface area (Å²) in [6.45, 7) is 0. The molecule has 0 radical (unpaired) electrons. The predicted octanol–water partition coefficient (Wildman–Crippen LogP) is 2.63. The van der Waals surface area contributed by atoms with E-state index in [1.54, 1.807) is 0 Å². The molecule has 100 valence electrons. The second-order valence-electron chi connectivity index (χ2n) is 4.93. The third-order valence-corrected chi connectivity index (χ3v) is 3.46. The second kappa shape index (κ2) is 6.42. The number of nitrogen functional groups attached to an aromatic ring is 1. The Morgan fingerprint density at radius 2 is 1.67 bits per heavy atom. The van der Waals surface area contributed by atoms with Crippen molar-refractivity contribution in [1.82, 2.24) is 9.97 Å². The van der Waals surface area contributed by atoms with Gasteiger partial charge in [0, 0.05) is 19.2 Å². The van der Waals surface area contributed by atoms with Gasteiger partial charge in [-0.25, -0.2) is 0 Å². The van der Waals surface area contributed by atoms with E-state index in [0.717, 1.165) is 11.6 Å². The van der Waals surface area contributed by atoms with E-state index in [1.807, 2.05) is 13.1 Å². The molecular formula is C13H23N5. The summed E-state index contributed by atoms with van der Waals surface area (Å²) in [6, 6.07) is 2.43. The van der Waals surface area contributed by atoms with Crippen LogP contribution in [-0.4, -0.2) is 23.1 Å². The monoisotopic (exact) mass is 249 g/mol. The van der Waals surface area contributed by atoms with Crippen LogP contribution in [0.4, 0.5) is 17.6 Å². The summed E-state index contributed by atoms with van der Waals surface area (Å²) < 4.78 is 0. The van der Waals surface area contributed by atoms with Crippen molar-refractivity contribution in [1.29, 1.82) is 0 Å². The van der Waals surface area contributed by atoms with Gasteiger partial charge < -0.3 is 16.4 Å². The average Bonchev–Trinajstić information content (AvgIpc) is 2.31. The van der Waals surface area contributed by atoms with E-state index >= 15 is 0 Å². The molecule has 1 fully saturated rings. The van der Waals surface area contributed by atoms with Crippen LogP contribution in [0.2, 0.25) is 0 Å². The molecule has 1 saturated carbocycles. The topological polar surface area (TPSA) is 75.9 Å². The largest absolute Gasteiger partial charge is 0.373 e. The Morgan fingerprint density at radius 3 is 2.33 bits per heavy atom. The minimum atomic E-state index is 0.315. The van der Waals surface area contributed by atoms with Gasteiger partial charge in [-0.1, -0.05) is 32.1 Å². The molecule has 4 N–H and O–H groups in total. The number of nitrogens with two attached hydrogens (primary N) is 1. The lowest BCUT2D eigenvalue weighted by Crippen LogP contribution is -2.21. The zero-order chi connectivity index (χ0) is 12.8. The Balaban J connectivity index is 2.00. The summed E-state index contributed by atoms with van der Waals surface area (Å²) >= 11 is 0.